The lowest BCUT2D eigenvalue weighted by Crippen LogP contribution is -2.16. The zero-order chi connectivity index (χ0) is 16.1. The minimum absolute atomic E-state index is 0.00496. The zero-order valence-electron chi connectivity index (χ0n) is 12.3. The van der Waals surface area contributed by atoms with Gasteiger partial charge in [-0.2, -0.15) is 5.26 Å². The Labute approximate surface area is 135 Å². The van der Waals surface area contributed by atoms with Gasteiger partial charge in [0.15, 0.2) is 0 Å². The number of hydrogen-bond acceptors (Lipinski definition) is 3. The second-order valence-electron chi connectivity index (χ2n) is 5.10. The van der Waals surface area contributed by atoms with Crippen molar-refractivity contribution in [2.24, 2.45) is 0 Å². The lowest BCUT2D eigenvalue weighted by molar-refractivity contribution is 0.285. The molecular formula is C18H17ClN2O. The number of hydrogen-bond donors (Lipinski definition) is 2. The predicted octanol–water partition coefficient (Wildman–Crippen LogP) is 4.05. The van der Waals surface area contributed by atoms with Gasteiger partial charge in [-0.25, -0.2) is 0 Å². The molecule has 0 saturated heterocycles. The van der Waals surface area contributed by atoms with E-state index in [1.54, 1.807) is 12.1 Å². The molecule has 1 atom stereocenters. The molecule has 1 unspecified atom stereocenters. The number of aliphatic hydroxyl groups excluding tert-OH is 1. The Balaban J connectivity index is 2.45. The summed E-state index contributed by atoms with van der Waals surface area (Å²) in [5.41, 5.74) is 3.25. The van der Waals surface area contributed by atoms with Crippen molar-refractivity contribution in [3.63, 3.8) is 0 Å². The van der Waals surface area contributed by atoms with Gasteiger partial charge in [0.05, 0.1) is 10.6 Å². The monoisotopic (exact) mass is 312 g/mol. The number of nitrogens with one attached hydrogen (secondary N) is 1. The van der Waals surface area contributed by atoms with Gasteiger partial charge in [-0.05, 0) is 30.5 Å². The van der Waals surface area contributed by atoms with Gasteiger partial charge >= 0.3 is 0 Å². The van der Waals surface area contributed by atoms with Crippen molar-refractivity contribution in [3.8, 4) is 6.07 Å². The summed E-state index contributed by atoms with van der Waals surface area (Å²) in [6.45, 7) is 1.82. The molecule has 0 aliphatic rings. The summed E-state index contributed by atoms with van der Waals surface area (Å²) in [5.74, 6) is -0.200. The zero-order valence-corrected chi connectivity index (χ0v) is 13.1. The van der Waals surface area contributed by atoms with Crippen molar-refractivity contribution in [2.75, 3.05) is 6.61 Å². The first-order chi connectivity index (χ1) is 10.6. The van der Waals surface area contributed by atoms with Crippen LogP contribution >= 0.6 is 11.6 Å². The molecule has 112 valence electrons. The Kier molecular flexibility index (Phi) is 5.32. The number of aliphatic hydroxyl groups is 1. The second kappa shape index (κ2) is 7.22. The van der Waals surface area contributed by atoms with Gasteiger partial charge in [-0.1, -0.05) is 48.0 Å². The maximum atomic E-state index is 9.33. The van der Waals surface area contributed by atoms with Gasteiger partial charge in [-0.15, -0.1) is 0 Å². The third-order valence-electron chi connectivity index (χ3n) is 3.77. The highest BCUT2D eigenvalue weighted by molar-refractivity contribution is 6.33. The summed E-state index contributed by atoms with van der Waals surface area (Å²) in [4.78, 5) is 0. The highest BCUT2D eigenvalue weighted by Gasteiger charge is 2.21. The maximum Gasteiger partial charge on any atom is 0.101 e. The average Bonchev–Trinajstić information content (AvgIpc) is 2.55. The Bertz CT molecular complexity index is 720. The van der Waals surface area contributed by atoms with E-state index in [-0.39, 0.29) is 12.5 Å². The van der Waals surface area contributed by atoms with Gasteiger partial charge in [0, 0.05) is 23.8 Å². The molecule has 0 aliphatic carbocycles. The summed E-state index contributed by atoms with van der Waals surface area (Å²) >= 11 is 6.20. The van der Waals surface area contributed by atoms with Crippen LogP contribution in [0.15, 0.2) is 42.5 Å². The molecule has 0 heterocycles. The largest absolute Gasteiger partial charge is 0.396 e. The molecule has 0 aliphatic heterocycles. The van der Waals surface area contributed by atoms with Crippen LogP contribution in [0.4, 0.5) is 0 Å². The molecule has 0 radical (unpaired) electrons. The highest BCUT2D eigenvalue weighted by atomic mass is 35.5. The van der Waals surface area contributed by atoms with Crippen molar-refractivity contribution >= 4 is 17.3 Å². The predicted molar refractivity (Wildman–Crippen MR) is 88.6 cm³/mol. The minimum atomic E-state index is -0.200. The van der Waals surface area contributed by atoms with E-state index < -0.39 is 0 Å². The van der Waals surface area contributed by atoms with E-state index in [0.29, 0.717) is 28.3 Å². The summed E-state index contributed by atoms with van der Waals surface area (Å²) < 4.78 is 0. The van der Waals surface area contributed by atoms with Crippen LogP contribution in [-0.4, -0.2) is 17.4 Å². The van der Waals surface area contributed by atoms with Crippen LogP contribution in [0.3, 0.4) is 0 Å². The minimum Gasteiger partial charge on any atom is -0.396 e. The molecule has 3 nitrogen and oxygen atoms in total. The molecule has 2 N–H and O–H groups in total. The van der Waals surface area contributed by atoms with E-state index in [2.05, 4.69) is 0 Å². The highest BCUT2D eigenvalue weighted by Crippen LogP contribution is 2.29. The summed E-state index contributed by atoms with van der Waals surface area (Å²) in [5, 5.41) is 27.3. The van der Waals surface area contributed by atoms with E-state index in [9.17, 15) is 5.11 Å². The van der Waals surface area contributed by atoms with Crippen LogP contribution < -0.4 is 0 Å². The van der Waals surface area contributed by atoms with Crippen molar-refractivity contribution in [2.45, 2.75) is 19.3 Å². The Morgan fingerprint density at radius 3 is 2.55 bits per heavy atom. The molecule has 4 heteroatoms. The Hall–Kier alpha value is -2.15. The SMILES string of the molecule is Cc1c(C(=N)C(CCO)c2ccccc2)ccc(C#N)c1Cl. The number of halogens is 1. The van der Waals surface area contributed by atoms with Gasteiger partial charge in [0.2, 0.25) is 0 Å². The fraction of sp³-hybridized carbons (Fsp3) is 0.222. The van der Waals surface area contributed by atoms with Gasteiger partial charge < -0.3 is 10.5 Å². The summed E-state index contributed by atoms with van der Waals surface area (Å²) in [6.07, 6.45) is 0.472. The first-order valence-corrected chi connectivity index (χ1v) is 7.41. The lowest BCUT2D eigenvalue weighted by Gasteiger charge is -2.20. The molecule has 0 spiro atoms. The molecule has 2 rings (SSSR count). The average molecular weight is 313 g/mol. The van der Waals surface area contributed by atoms with E-state index in [4.69, 9.17) is 22.3 Å². The Morgan fingerprint density at radius 1 is 1.27 bits per heavy atom. The third-order valence-corrected chi connectivity index (χ3v) is 4.25. The molecule has 2 aromatic carbocycles. The van der Waals surface area contributed by atoms with Gasteiger partial charge in [0.25, 0.3) is 0 Å². The maximum absolute atomic E-state index is 9.33. The van der Waals surface area contributed by atoms with Crippen LogP contribution in [0.1, 0.15) is 34.6 Å². The van der Waals surface area contributed by atoms with Crippen molar-refractivity contribution in [1.29, 1.82) is 10.7 Å². The molecular weight excluding hydrogens is 296 g/mol. The quantitative estimate of drug-likeness (QED) is 0.818. The molecule has 2 aromatic rings. The summed E-state index contributed by atoms with van der Waals surface area (Å²) in [6, 6.07) is 15.1. The first-order valence-electron chi connectivity index (χ1n) is 7.04. The van der Waals surface area contributed by atoms with Crippen LogP contribution in [0.2, 0.25) is 5.02 Å². The third kappa shape index (κ3) is 3.19. The molecule has 22 heavy (non-hydrogen) atoms. The smallest absolute Gasteiger partial charge is 0.101 e. The van der Waals surface area contributed by atoms with E-state index in [0.717, 1.165) is 11.1 Å². The van der Waals surface area contributed by atoms with Crippen LogP contribution in [-0.2, 0) is 0 Å². The molecule has 0 aromatic heterocycles. The fourth-order valence-electron chi connectivity index (χ4n) is 2.54. The number of nitriles is 1. The van der Waals surface area contributed by atoms with Crippen LogP contribution in [0.5, 0.6) is 0 Å². The molecule has 0 saturated carbocycles. The number of nitrogens with zero attached hydrogens (tertiary/aromatic N) is 1. The Morgan fingerprint density at radius 2 is 1.95 bits per heavy atom. The van der Waals surface area contributed by atoms with E-state index in [1.165, 1.54) is 0 Å². The van der Waals surface area contributed by atoms with E-state index in [1.807, 2.05) is 43.3 Å². The topological polar surface area (TPSA) is 67.9 Å². The normalized spacial score (nSPS) is 11.7. The van der Waals surface area contributed by atoms with Gasteiger partial charge in [-0.3, -0.25) is 0 Å². The van der Waals surface area contributed by atoms with E-state index >= 15 is 0 Å². The van der Waals surface area contributed by atoms with Gasteiger partial charge in [0.1, 0.15) is 6.07 Å². The number of benzene rings is 2. The fourth-order valence-corrected chi connectivity index (χ4v) is 2.75. The van der Waals surface area contributed by atoms with Crippen molar-refractivity contribution < 1.29 is 5.11 Å². The molecule has 0 bridgehead atoms. The standard InChI is InChI=1S/C18H17ClN2O/c1-12-15(8-7-14(11-20)17(12)19)18(21)16(9-10-22)13-5-3-2-4-6-13/h2-8,16,21-22H,9-10H2,1H3. The van der Waals surface area contributed by atoms with Crippen molar-refractivity contribution in [3.05, 3.63) is 69.7 Å². The first kappa shape index (κ1) is 16.2. The summed E-state index contributed by atoms with van der Waals surface area (Å²) in [7, 11) is 0. The number of rotatable bonds is 5. The second-order valence-corrected chi connectivity index (χ2v) is 5.48. The van der Waals surface area contributed by atoms with Crippen molar-refractivity contribution in [1.82, 2.24) is 0 Å². The van der Waals surface area contributed by atoms with Crippen LogP contribution in [0, 0.1) is 23.7 Å². The lowest BCUT2D eigenvalue weighted by atomic mass is 9.86. The van der Waals surface area contributed by atoms with Crippen LogP contribution in [0.25, 0.3) is 0 Å². The molecule has 0 amide bonds. The molecule has 0 fully saturated rings.